The Morgan fingerprint density at radius 1 is 1.24 bits per heavy atom. The zero-order chi connectivity index (χ0) is 13.1. The quantitative estimate of drug-likeness (QED) is 0.758. The molecule has 1 N–H and O–H groups in total. The van der Waals surface area contributed by atoms with E-state index in [9.17, 15) is 0 Å². The van der Waals surface area contributed by atoms with Crippen LogP contribution in [0.3, 0.4) is 0 Å². The van der Waals surface area contributed by atoms with Crippen molar-refractivity contribution in [3.63, 3.8) is 0 Å². The van der Waals surface area contributed by atoms with E-state index in [1.165, 1.54) is 25.1 Å². The summed E-state index contributed by atoms with van der Waals surface area (Å²) in [5.74, 6) is 1.67. The van der Waals surface area contributed by atoms with Crippen molar-refractivity contribution in [3.05, 3.63) is 12.2 Å². The fourth-order valence-corrected chi connectivity index (χ4v) is 2.68. The summed E-state index contributed by atoms with van der Waals surface area (Å²) >= 11 is 0. The van der Waals surface area contributed by atoms with Gasteiger partial charge in [0.2, 0.25) is 0 Å². The third-order valence-corrected chi connectivity index (χ3v) is 3.26. The zero-order valence-corrected chi connectivity index (χ0v) is 12.3. The predicted molar refractivity (Wildman–Crippen MR) is 76.3 cm³/mol. The fourth-order valence-electron chi connectivity index (χ4n) is 2.68. The largest absolute Gasteiger partial charge is 0.308 e. The summed E-state index contributed by atoms with van der Waals surface area (Å²) in [6, 6.07) is 0. The topological polar surface area (TPSA) is 15.3 Å². The van der Waals surface area contributed by atoms with E-state index >= 15 is 0 Å². The summed E-state index contributed by atoms with van der Waals surface area (Å²) in [6.07, 6.45) is 1.38. The first-order valence-electron chi connectivity index (χ1n) is 6.90. The third-order valence-electron chi connectivity index (χ3n) is 3.26. The molecule has 0 bridgehead atoms. The van der Waals surface area contributed by atoms with Gasteiger partial charge in [0.25, 0.3) is 0 Å². The molecule has 1 fully saturated rings. The Morgan fingerprint density at radius 3 is 2.24 bits per heavy atom. The van der Waals surface area contributed by atoms with Crippen LogP contribution in [0.2, 0.25) is 0 Å². The van der Waals surface area contributed by atoms with E-state index in [-0.39, 0.29) is 5.54 Å². The Hall–Kier alpha value is -0.340. The van der Waals surface area contributed by atoms with Gasteiger partial charge in [-0.2, -0.15) is 0 Å². The average Bonchev–Trinajstić information content (AvgIpc) is 2.11. The van der Waals surface area contributed by atoms with Gasteiger partial charge in [0.15, 0.2) is 0 Å². The lowest BCUT2D eigenvalue weighted by atomic mass is 9.91. The average molecular weight is 238 g/mol. The first kappa shape index (κ1) is 14.7. The molecule has 2 nitrogen and oxygen atoms in total. The monoisotopic (exact) mass is 238 g/mol. The molecular weight excluding hydrogens is 208 g/mol. The minimum atomic E-state index is 0.186. The normalized spacial score (nSPS) is 27.1. The van der Waals surface area contributed by atoms with Crippen LogP contribution in [0.4, 0.5) is 0 Å². The molecule has 1 aliphatic rings. The second-order valence-corrected chi connectivity index (χ2v) is 6.99. The van der Waals surface area contributed by atoms with Crippen LogP contribution >= 0.6 is 0 Å². The van der Waals surface area contributed by atoms with Crippen molar-refractivity contribution >= 4 is 0 Å². The highest BCUT2D eigenvalue weighted by molar-refractivity contribution is 5.01. The van der Waals surface area contributed by atoms with Gasteiger partial charge in [0, 0.05) is 31.7 Å². The molecule has 1 aliphatic heterocycles. The van der Waals surface area contributed by atoms with Crippen LogP contribution in [0.15, 0.2) is 12.2 Å². The molecule has 2 unspecified atom stereocenters. The molecule has 0 aromatic heterocycles. The van der Waals surface area contributed by atoms with E-state index in [0.717, 1.165) is 24.9 Å². The molecule has 1 saturated heterocycles. The van der Waals surface area contributed by atoms with E-state index in [0.29, 0.717) is 0 Å². The zero-order valence-electron chi connectivity index (χ0n) is 12.3. The van der Waals surface area contributed by atoms with E-state index in [1.807, 2.05) is 0 Å². The molecular formula is C15H30N2. The van der Waals surface area contributed by atoms with Gasteiger partial charge in [-0.3, -0.25) is 4.90 Å². The van der Waals surface area contributed by atoms with E-state index in [1.54, 1.807) is 0 Å². The summed E-state index contributed by atoms with van der Waals surface area (Å²) in [7, 11) is 0. The number of hydrogen-bond donors (Lipinski definition) is 1. The molecule has 0 aliphatic carbocycles. The molecule has 0 amide bonds. The summed E-state index contributed by atoms with van der Waals surface area (Å²) < 4.78 is 0. The van der Waals surface area contributed by atoms with Gasteiger partial charge in [0.05, 0.1) is 0 Å². The van der Waals surface area contributed by atoms with Crippen LogP contribution in [0.25, 0.3) is 0 Å². The lowest BCUT2D eigenvalue weighted by Gasteiger charge is -2.35. The number of rotatable bonds is 4. The van der Waals surface area contributed by atoms with Crippen molar-refractivity contribution in [2.45, 2.75) is 46.6 Å². The smallest absolute Gasteiger partial charge is 0.0203 e. The van der Waals surface area contributed by atoms with Gasteiger partial charge in [-0.05, 0) is 44.6 Å². The number of likely N-dealkylation sites (tertiary alicyclic amines) is 1. The molecule has 0 radical (unpaired) electrons. The highest BCUT2D eigenvalue weighted by atomic mass is 15.1. The van der Waals surface area contributed by atoms with Gasteiger partial charge in [0.1, 0.15) is 0 Å². The van der Waals surface area contributed by atoms with Crippen molar-refractivity contribution in [2.75, 3.05) is 26.2 Å². The number of piperidine rings is 1. The van der Waals surface area contributed by atoms with Gasteiger partial charge in [-0.25, -0.2) is 0 Å². The summed E-state index contributed by atoms with van der Waals surface area (Å²) in [5, 5.41) is 3.51. The SMILES string of the molecule is C=C(CNC(C)(C)C)CN1CC(C)CC(C)C1. The van der Waals surface area contributed by atoms with Crippen molar-refractivity contribution in [3.8, 4) is 0 Å². The highest BCUT2D eigenvalue weighted by Crippen LogP contribution is 2.21. The van der Waals surface area contributed by atoms with Crippen LogP contribution in [-0.2, 0) is 0 Å². The minimum absolute atomic E-state index is 0.186. The van der Waals surface area contributed by atoms with E-state index < -0.39 is 0 Å². The molecule has 0 aromatic rings. The first-order chi connectivity index (χ1) is 7.76. The minimum Gasteiger partial charge on any atom is -0.308 e. The van der Waals surface area contributed by atoms with Crippen molar-refractivity contribution < 1.29 is 0 Å². The summed E-state index contributed by atoms with van der Waals surface area (Å²) in [6.45, 7) is 20.0. The number of nitrogens with one attached hydrogen (secondary N) is 1. The van der Waals surface area contributed by atoms with Crippen LogP contribution in [0.1, 0.15) is 41.0 Å². The maximum absolute atomic E-state index is 4.20. The molecule has 0 spiro atoms. The molecule has 1 rings (SSSR count). The van der Waals surface area contributed by atoms with E-state index in [4.69, 9.17) is 0 Å². The maximum atomic E-state index is 4.20. The molecule has 0 saturated carbocycles. The maximum Gasteiger partial charge on any atom is 0.0203 e. The summed E-state index contributed by atoms with van der Waals surface area (Å²) in [4.78, 5) is 2.56. The lowest BCUT2D eigenvalue weighted by molar-refractivity contribution is 0.151. The molecule has 17 heavy (non-hydrogen) atoms. The Morgan fingerprint density at radius 2 is 1.76 bits per heavy atom. The van der Waals surface area contributed by atoms with Crippen LogP contribution in [0, 0.1) is 11.8 Å². The highest BCUT2D eigenvalue weighted by Gasteiger charge is 2.22. The number of nitrogens with zero attached hydrogens (tertiary/aromatic N) is 1. The van der Waals surface area contributed by atoms with Crippen LogP contribution < -0.4 is 5.32 Å². The van der Waals surface area contributed by atoms with Crippen LogP contribution in [-0.4, -0.2) is 36.6 Å². The molecule has 0 aromatic carbocycles. The van der Waals surface area contributed by atoms with Crippen molar-refractivity contribution in [1.29, 1.82) is 0 Å². The van der Waals surface area contributed by atoms with Gasteiger partial charge in [-0.1, -0.05) is 20.4 Å². The molecule has 2 atom stereocenters. The lowest BCUT2D eigenvalue weighted by Crippen LogP contribution is -2.42. The molecule has 2 heteroatoms. The predicted octanol–water partition coefficient (Wildman–Crippen LogP) is 2.91. The van der Waals surface area contributed by atoms with Gasteiger partial charge in [-0.15, -0.1) is 0 Å². The standard InChI is InChI=1S/C15H30N2/c1-12-7-13(2)10-17(9-12)11-14(3)8-16-15(4,5)6/h12-13,16H,3,7-11H2,1-2,4-6H3. The second kappa shape index (κ2) is 6.01. The van der Waals surface area contributed by atoms with E-state index in [2.05, 4.69) is 51.4 Å². The summed E-state index contributed by atoms with van der Waals surface area (Å²) in [5.41, 5.74) is 1.49. The Kier molecular flexibility index (Phi) is 5.21. The molecule has 100 valence electrons. The Labute approximate surface area is 107 Å². The Bertz CT molecular complexity index is 242. The van der Waals surface area contributed by atoms with Crippen molar-refractivity contribution in [2.24, 2.45) is 11.8 Å². The van der Waals surface area contributed by atoms with Gasteiger partial charge < -0.3 is 5.32 Å². The first-order valence-corrected chi connectivity index (χ1v) is 6.90. The second-order valence-electron chi connectivity index (χ2n) is 6.99. The van der Waals surface area contributed by atoms with Crippen molar-refractivity contribution in [1.82, 2.24) is 10.2 Å². The Balaban J connectivity index is 2.30. The van der Waals surface area contributed by atoms with Crippen LogP contribution in [0.5, 0.6) is 0 Å². The van der Waals surface area contributed by atoms with Gasteiger partial charge >= 0.3 is 0 Å². The fraction of sp³-hybridized carbons (Fsp3) is 0.867. The molecule has 1 heterocycles. The third kappa shape index (κ3) is 6.23. The number of hydrogen-bond acceptors (Lipinski definition) is 2.